The average molecular weight is 220 g/mol. The number of nitrogens with zero attached hydrogens (tertiary/aromatic N) is 2. The van der Waals surface area contributed by atoms with Gasteiger partial charge in [-0.25, -0.2) is 0 Å². The van der Waals surface area contributed by atoms with Crippen molar-refractivity contribution in [3.63, 3.8) is 0 Å². The lowest BCUT2D eigenvalue weighted by atomic mass is 9.68. The number of hydrogen-bond donors (Lipinski definition) is 0. The van der Waals surface area contributed by atoms with E-state index in [2.05, 4.69) is 53.7 Å². The minimum Gasteiger partial charge on any atom is -0.198 e. The second-order valence-electron chi connectivity index (χ2n) is 5.62. The molecule has 2 heteroatoms. The molecule has 2 unspecified atom stereocenters. The maximum atomic E-state index is 9.28. The van der Waals surface area contributed by atoms with Crippen molar-refractivity contribution in [2.75, 3.05) is 0 Å². The predicted molar refractivity (Wildman–Crippen MR) is 66.2 cm³/mol. The predicted octanol–water partition coefficient (Wildman–Crippen LogP) is 3.85. The lowest BCUT2D eigenvalue weighted by Gasteiger charge is -2.33. The van der Waals surface area contributed by atoms with E-state index in [1.165, 1.54) is 0 Å². The summed E-state index contributed by atoms with van der Waals surface area (Å²) in [5.41, 5.74) is 0. The Bertz CT molecular complexity index is 252. The van der Waals surface area contributed by atoms with Crippen molar-refractivity contribution in [2.45, 2.75) is 41.5 Å². The van der Waals surface area contributed by atoms with Gasteiger partial charge in [-0.3, -0.25) is 0 Å². The molecule has 0 fully saturated rings. The second-order valence-corrected chi connectivity index (χ2v) is 5.62. The third-order valence-corrected chi connectivity index (χ3v) is 3.33. The van der Waals surface area contributed by atoms with Gasteiger partial charge < -0.3 is 0 Å². The zero-order valence-corrected chi connectivity index (χ0v) is 11.4. The fourth-order valence-corrected chi connectivity index (χ4v) is 2.41. The first-order chi connectivity index (χ1) is 7.36. The summed E-state index contributed by atoms with van der Waals surface area (Å²) in [7, 11) is 0. The molecule has 0 amide bonds. The van der Waals surface area contributed by atoms with Gasteiger partial charge in [0, 0.05) is 0 Å². The van der Waals surface area contributed by atoms with Crippen LogP contribution >= 0.6 is 0 Å². The molecule has 0 aromatic rings. The van der Waals surface area contributed by atoms with Gasteiger partial charge in [0.1, 0.15) is 0 Å². The maximum absolute atomic E-state index is 9.28. The Morgan fingerprint density at radius 1 is 0.625 bits per heavy atom. The zero-order chi connectivity index (χ0) is 12.9. The molecule has 0 aliphatic rings. The molecule has 0 heterocycles. The van der Waals surface area contributed by atoms with Crippen LogP contribution in [0.3, 0.4) is 0 Å². The van der Waals surface area contributed by atoms with Gasteiger partial charge in [-0.15, -0.1) is 0 Å². The molecular formula is C14H24N2. The molecule has 0 aromatic carbocycles. The lowest BCUT2D eigenvalue weighted by molar-refractivity contribution is 0.164. The normalized spacial score (nSPS) is 16.9. The summed E-state index contributed by atoms with van der Waals surface area (Å²) in [6.45, 7) is 12.5. The number of hydrogen-bond acceptors (Lipinski definition) is 2. The first-order valence-corrected chi connectivity index (χ1v) is 6.16. The standard InChI is InChI=1S/C14H24N2/c1-9(2)12(7-15)14(11(5)6)13(8-16)10(3)4/h9-14H,1-6H3. The summed E-state index contributed by atoms with van der Waals surface area (Å²) in [4.78, 5) is 0. The van der Waals surface area contributed by atoms with Crippen molar-refractivity contribution in [3.8, 4) is 12.1 Å². The van der Waals surface area contributed by atoms with Crippen molar-refractivity contribution < 1.29 is 0 Å². The van der Waals surface area contributed by atoms with Crippen LogP contribution in [0, 0.1) is 58.2 Å². The van der Waals surface area contributed by atoms with Crippen LogP contribution in [0.25, 0.3) is 0 Å². The summed E-state index contributed by atoms with van der Waals surface area (Å²) in [5.74, 6) is 1.13. The Morgan fingerprint density at radius 2 is 0.938 bits per heavy atom. The third kappa shape index (κ3) is 3.53. The van der Waals surface area contributed by atoms with Crippen molar-refractivity contribution in [1.82, 2.24) is 0 Å². The Labute approximate surface area is 100 Å². The fraction of sp³-hybridized carbons (Fsp3) is 0.857. The Balaban J connectivity index is 5.15. The van der Waals surface area contributed by atoms with Crippen molar-refractivity contribution in [1.29, 1.82) is 10.5 Å². The lowest BCUT2D eigenvalue weighted by Crippen LogP contribution is -2.32. The SMILES string of the molecule is CC(C)C(C#N)C(C(C)C)C(C#N)C(C)C. The van der Waals surface area contributed by atoms with Crippen LogP contribution in [0.15, 0.2) is 0 Å². The van der Waals surface area contributed by atoms with E-state index in [9.17, 15) is 10.5 Å². The van der Waals surface area contributed by atoms with Crippen LogP contribution in [0.2, 0.25) is 0 Å². The first-order valence-electron chi connectivity index (χ1n) is 6.16. The highest BCUT2D eigenvalue weighted by atomic mass is 14.4. The van der Waals surface area contributed by atoms with Crippen molar-refractivity contribution in [3.05, 3.63) is 0 Å². The van der Waals surface area contributed by atoms with Gasteiger partial charge >= 0.3 is 0 Å². The van der Waals surface area contributed by atoms with Crippen LogP contribution in [0.4, 0.5) is 0 Å². The molecule has 0 aliphatic carbocycles. The molecule has 0 saturated heterocycles. The molecule has 0 saturated carbocycles. The van der Waals surface area contributed by atoms with Gasteiger partial charge in [0.2, 0.25) is 0 Å². The van der Waals surface area contributed by atoms with Crippen molar-refractivity contribution in [2.24, 2.45) is 35.5 Å². The largest absolute Gasteiger partial charge is 0.198 e. The van der Waals surface area contributed by atoms with Gasteiger partial charge in [-0.2, -0.15) is 10.5 Å². The summed E-state index contributed by atoms with van der Waals surface area (Å²) in [5, 5.41) is 18.6. The smallest absolute Gasteiger partial charge is 0.0662 e. The van der Waals surface area contributed by atoms with Gasteiger partial charge in [-0.05, 0) is 23.7 Å². The highest BCUT2D eigenvalue weighted by Gasteiger charge is 2.35. The summed E-state index contributed by atoms with van der Waals surface area (Å²) < 4.78 is 0. The third-order valence-electron chi connectivity index (χ3n) is 3.33. The summed E-state index contributed by atoms with van der Waals surface area (Å²) in [6, 6.07) is 4.80. The van der Waals surface area contributed by atoms with Gasteiger partial charge in [0.25, 0.3) is 0 Å². The van der Waals surface area contributed by atoms with E-state index in [4.69, 9.17) is 0 Å². The molecule has 0 aromatic heterocycles. The molecule has 2 atom stereocenters. The van der Waals surface area contributed by atoms with Gasteiger partial charge in [0.05, 0.1) is 24.0 Å². The minimum absolute atomic E-state index is 0.0213. The van der Waals surface area contributed by atoms with Crippen LogP contribution in [0.1, 0.15) is 41.5 Å². The average Bonchev–Trinajstić information content (AvgIpc) is 2.16. The van der Waals surface area contributed by atoms with E-state index in [1.807, 2.05) is 0 Å². The monoisotopic (exact) mass is 220 g/mol. The molecule has 0 radical (unpaired) electrons. The zero-order valence-electron chi connectivity index (χ0n) is 11.4. The molecule has 2 nitrogen and oxygen atoms in total. The molecule has 0 aliphatic heterocycles. The van der Waals surface area contributed by atoms with Crippen molar-refractivity contribution >= 4 is 0 Å². The first kappa shape index (κ1) is 15.0. The molecule has 0 spiro atoms. The fourth-order valence-electron chi connectivity index (χ4n) is 2.41. The minimum atomic E-state index is -0.0213. The quantitative estimate of drug-likeness (QED) is 0.706. The molecule has 16 heavy (non-hydrogen) atoms. The van der Waals surface area contributed by atoms with Gasteiger partial charge in [0.15, 0.2) is 0 Å². The topological polar surface area (TPSA) is 47.6 Å². The molecule has 0 N–H and O–H groups in total. The maximum Gasteiger partial charge on any atom is 0.0662 e. The van der Waals surface area contributed by atoms with E-state index >= 15 is 0 Å². The highest BCUT2D eigenvalue weighted by Crippen LogP contribution is 2.36. The molecule has 0 bridgehead atoms. The number of rotatable bonds is 5. The Kier molecular flexibility index (Phi) is 6.12. The van der Waals surface area contributed by atoms with E-state index in [0.717, 1.165) is 0 Å². The van der Waals surface area contributed by atoms with Crippen LogP contribution in [-0.2, 0) is 0 Å². The molecule has 0 rings (SSSR count). The Hall–Kier alpha value is -1.02. The van der Waals surface area contributed by atoms with Crippen LogP contribution in [0.5, 0.6) is 0 Å². The molecule has 90 valence electrons. The van der Waals surface area contributed by atoms with Crippen LogP contribution in [-0.4, -0.2) is 0 Å². The van der Waals surface area contributed by atoms with Crippen LogP contribution < -0.4 is 0 Å². The van der Waals surface area contributed by atoms with E-state index < -0.39 is 0 Å². The molecular weight excluding hydrogens is 196 g/mol. The summed E-state index contributed by atoms with van der Waals surface area (Å²) >= 11 is 0. The van der Waals surface area contributed by atoms with E-state index in [-0.39, 0.29) is 17.8 Å². The van der Waals surface area contributed by atoms with E-state index in [0.29, 0.717) is 17.8 Å². The highest BCUT2D eigenvalue weighted by molar-refractivity contribution is 5.00. The van der Waals surface area contributed by atoms with Gasteiger partial charge in [-0.1, -0.05) is 41.5 Å². The summed E-state index contributed by atoms with van der Waals surface area (Å²) in [6.07, 6.45) is 0. The van der Waals surface area contributed by atoms with E-state index in [1.54, 1.807) is 0 Å². The second kappa shape index (κ2) is 6.54. The number of nitriles is 2. The Morgan fingerprint density at radius 3 is 1.06 bits per heavy atom.